The summed E-state index contributed by atoms with van der Waals surface area (Å²) < 4.78 is 4.40. The minimum absolute atomic E-state index is 0.00347. The van der Waals surface area contributed by atoms with E-state index in [1.807, 2.05) is 0 Å². The lowest BCUT2D eigenvalue weighted by Gasteiger charge is -1.70. The molecule has 0 saturated carbocycles. The van der Waals surface area contributed by atoms with Crippen LogP contribution in [-0.4, -0.2) is 17.7 Å². The quantitative estimate of drug-likeness (QED) is 0.440. The zero-order valence-electron chi connectivity index (χ0n) is 3.66. The van der Waals surface area contributed by atoms with Crippen molar-refractivity contribution in [2.24, 2.45) is 0 Å². The maximum Gasteiger partial charge on any atom is 0.309 e. The SMILES string of the molecule is OBc1cnoc1. The van der Waals surface area contributed by atoms with E-state index in [2.05, 4.69) is 9.68 Å². The predicted octanol–water partition coefficient (Wildman–Crippen LogP) is -1.36. The van der Waals surface area contributed by atoms with E-state index in [1.165, 1.54) is 12.5 Å². The highest BCUT2D eigenvalue weighted by molar-refractivity contribution is 6.45. The van der Waals surface area contributed by atoms with Gasteiger partial charge in [-0.3, -0.25) is 0 Å². The fraction of sp³-hybridized carbons (Fsp3) is 0. The lowest BCUT2D eigenvalue weighted by Crippen LogP contribution is -2.08. The molecule has 0 aromatic carbocycles. The van der Waals surface area contributed by atoms with Gasteiger partial charge in [0.05, 0.1) is 6.20 Å². The Morgan fingerprint density at radius 2 is 2.71 bits per heavy atom. The molecule has 0 amide bonds. The van der Waals surface area contributed by atoms with E-state index in [0.29, 0.717) is 5.46 Å². The molecule has 0 aliphatic rings. The van der Waals surface area contributed by atoms with Crippen LogP contribution in [-0.2, 0) is 0 Å². The Labute approximate surface area is 41.2 Å². The average molecular weight is 96.9 g/mol. The Bertz CT molecular complexity index is 127. The summed E-state index contributed by atoms with van der Waals surface area (Å²) in [5.74, 6) is 0. The Kier molecular flexibility index (Phi) is 1.13. The van der Waals surface area contributed by atoms with Crippen molar-refractivity contribution in [1.29, 1.82) is 0 Å². The van der Waals surface area contributed by atoms with Crippen LogP contribution >= 0.6 is 0 Å². The zero-order valence-corrected chi connectivity index (χ0v) is 3.66. The lowest BCUT2D eigenvalue weighted by molar-refractivity contribution is 0.420. The first-order chi connectivity index (χ1) is 3.43. The van der Waals surface area contributed by atoms with Gasteiger partial charge in [-0.05, 0) is 0 Å². The van der Waals surface area contributed by atoms with Crippen LogP contribution in [0.3, 0.4) is 0 Å². The van der Waals surface area contributed by atoms with Crippen molar-refractivity contribution in [2.75, 3.05) is 0 Å². The maximum absolute atomic E-state index is 8.33. The van der Waals surface area contributed by atoms with Crippen molar-refractivity contribution in [1.82, 2.24) is 5.16 Å². The summed E-state index contributed by atoms with van der Waals surface area (Å²) in [5, 5.41) is 11.7. The molecular formula is C3H4BNO2. The summed E-state index contributed by atoms with van der Waals surface area (Å²) in [6.07, 6.45) is 2.88. The fourth-order valence-corrected chi connectivity index (χ4v) is 0.305. The normalized spacial score (nSPS) is 8.71. The van der Waals surface area contributed by atoms with E-state index in [9.17, 15) is 0 Å². The van der Waals surface area contributed by atoms with Gasteiger partial charge in [-0.1, -0.05) is 5.16 Å². The smallest absolute Gasteiger partial charge is 0.309 e. The van der Waals surface area contributed by atoms with Gasteiger partial charge in [-0.25, -0.2) is 0 Å². The number of nitrogens with zero attached hydrogens (tertiary/aromatic N) is 1. The van der Waals surface area contributed by atoms with E-state index in [1.54, 1.807) is 0 Å². The van der Waals surface area contributed by atoms with E-state index in [0.717, 1.165) is 0 Å². The molecular weight excluding hydrogens is 92.8 g/mol. The molecule has 0 radical (unpaired) electrons. The van der Waals surface area contributed by atoms with Gasteiger partial charge in [-0.2, -0.15) is 0 Å². The van der Waals surface area contributed by atoms with Crippen LogP contribution in [0, 0.1) is 0 Å². The molecule has 0 unspecified atom stereocenters. The first-order valence-corrected chi connectivity index (χ1v) is 1.92. The third-order valence-corrected chi connectivity index (χ3v) is 0.666. The van der Waals surface area contributed by atoms with Gasteiger partial charge in [0.2, 0.25) is 0 Å². The van der Waals surface area contributed by atoms with Crippen LogP contribution in [0.25, 0.3) is 0 Å². The van der Waals surface area contributed by atoms with Crippen molar-refractivity contribution in [3.05, 3.63) is 12.5 Å². The average Bonchev–Trinajstić information content (AvgIpc) is 2.14. The summed E-state index contributed by atoms with van der Waals surface area (Å²) in [6.45, 7) is 0. The molecule has 36 valence electrons. The maximum atomic E-state index is 8.33. The van der Waals surface area contributed by atoms with Crippen LogP contribution in [0.15, 0.2) is 17.0 Å². The molecule has 7 heavy (non-hydrogen) atoms. The second-order valence-electron chi connectivity index (χ2n) is 1.19. The van der Waals surface area contributed by atoms with Crippen LogP contribution in [0.4, 0.5) is 0 Å². The lowest BCUT2D eigenvalue weighted by atomic mass is 9.93. The van der Waals surface area contributed by atoms with Crippen molar-refractivity contribution < 1.29 is 9.55 Å². The minimum atomic E-state index is 0.00347. The Hall–Kier alpha value is -0.765. The highest BCUT2D eigenvalue weighted by Gasteiger charge is 1.90. The molecule has 1 aromatic heterocycles. The van der Waals surface area contributed by atoms with Gasteiger partial charge >= 0.3 is 7.48 Å². The van der Waals surface area contributed by atoms with Gasteiger partial charge in [-0.15, -0.1) is 0 Å². The molecule has 0 aliphatic heterocycles. The highest BCUT2D eigenvalue weighted by Crippen LogP contribution is 1.70. The topological polar surface area (TPSA) is 46.3 Å². The molecule has 1 aromatic rings. The second kappa shape index (κ2) is 1.79. The Morgan fingerprint density at radius 1 is 1.86 bits per heavy atom. The molecule has 0 saturated heterocycles. The zero-order chi connectivity index (χ0) is 5.11. The molecule has 0 spiro atoms. The molecule has 0 aliphatic carbocycles. The minimum Gasteiger partial charge on any atom is -0.449 e. The summed E-state index contributed by atoms with van der Waals surface area (Å²) in [6, 6.07) is 0. The summed E-state index contributed by atoms with van der Waals surface area (Å²) in [5.41, 5.74) is 0.708. The molecule has 1 rings (SSSR count). The number of aromatic nitrogens is 1. The molecule has 1 N–H and O–H groups in total. The molecule has 4 heteroatoms. The van der Waals surface area contributed by atoms with Crippen LogP contribution in [0.5, 0.6) is 0 Å². The standard InChI is InChI=1S/C3H4BNO2/c6-4-3-1-5-7-2-3/h1-2,4,6H. The van der Waals surface area contributed by atoms with E-state index >= 15 is 0 Å². The van der Waals surface area contributed by atoms with E-state index in [-0.39, 0.29) is 7.48 Å². The first-order valence-electron chi connectivity index (χ1n) is 1.92. The molecule has 3 nitrogen and oxygen atoms in total. The van der Waals surface area contributed by atoms with Gasteiger partial charge < -0.3 is 9.55 Å². The molecule has 0 bridgehead atoms. The highest BCUT2D eigenvalue weighted by atomic mass is 16.5. The Balaban J connectivity index is 2.76. The summed E-state index contributed by atoms with van der Waals surface area (Å²) >= 11 is 0. The number of hydrogen-bond acceptors (Lipinski definition) is 3. The second-order valence-corrected chi connectivity index (χ2v) is 1.19. The van der Waals surface area contributed by atoms with E-state index in [4.69, 9.17) is 5.02 Å². The molecule has 0 atom stereocenters. The molecule has 0 fully saturated rings. The third-order valence-electron chi connectivity index (χ3n) is 0.666. The van der Waals surface area contributed by atoms with Gasteiger partial charge in [0.1, 0.15) is 6.26 Å². The van der Waals surface area contributed by atoms with Gasteiger partial charge in [0.15, 0.2) is 0 Å². The van der Waals surface area contributed by atoms with Crippen molar-refractivity contribution in [2.45, 2.75) is 0 Å². The monoisotopic (exact) mass is 97.0 g/mol. The van der Waals surface area contributed by atoms with E-state index < -0.39 is 0 Å². The third kappa shape index (κ3) is 0.808. The van der Waals surface area contributed by atoms with Crippen molar-refractivity contribution in [3.63, 3.8) is 0 Å². The van der Waals surface area contributed by atoms with Crippen molar-refractivity contribution >= 4 is 12.9 Å². The van der Waals surface area contributed by atoms with Crippen molar-refractivity contribution in [3.8, 4) is 0 Å². The predicted molar refractivity (Wildman–Crippen MR) is 25.5 cm³/mol. The summed E-state index contributed by atoms with van der Waals surface area (Å²) in [4.78, 5) is 0. The van der Waals surface area contributed by atoms with Gasteiger partial charge in [0, 0.05) is 5.46 Å². The Morgan fingerprint density at radius 3 is 3.00 bits per heavy atom. The first kappa shape index (κ1) is 4.40. The molecule has 1 heterocycles. The van der Waals surface area contributed by atoms with Crippen LogP contribution < -0.4 is 5.46 Å². The summed E-state index contributed by atoms with van der Waals surface area (Å²) in [7, 11) is 0.00347. The fourth-order valence-electron chi connectivity index (χ4n) is 0.305. The largest absolute Gasteiger partial charge is 0.449 e. The van der Waals surface area contributed by atoms with Gasteiger partial charge in [0.25, 0.3) is 0 Å². The number of hydrogen-bond donors (Lipinski definition) is 1. The van der Waals surface area contributed by atoms with Crippen LogP contribution in [0.1, 0.15) is 0 Å². The number of rotatable bonds is 1. The van der Waals surface area contributed by atoms with Crippen LogP contribution in [0.2, 0.25) is 0 Å².